The van der Waals surface area contributed by atoms with E-state index < -0.39 is 6.04 Å². The van der Waals surface area contributed by atoms with Gasteiger partial charge in [0.25, 0.3) is 0 Å². The molecule has 1 aliphatic heterocycles. The Morgan fingerprint density at radius 1 is 1.03 bits per heavy atom. The fourth-order valence-electron chi connectivity index (χ4n) is 7.71. The van der Waals surface area contributed by atoms with Crippen molar-refractivity contribution in [3.8, 4) is 0 Å². The molecule has 5 saturated carbocycles. The van der Waals surface area contributed by atoms with Gasteiger partial charge in [0.2, 0.25) is 17.7 Å². The highest BCUT2D eigenvalue weighted by Gasteiger charge is 2.55. The molecular weight excluding hydrogens is 384 g/mol. The second-order valence-electron chi connectivity index (χ2n) is 10.5. The molecule has 6 fully saturated rings. The molecule has 3 atom stereocenters. The van der Waals surface area contributed by atoms with E-state index in [9.17, 15) is 14.4 Å². The van der Waals surface area contributed by atoms with E-state index in [0.717, 1.165) is 68.5 Å². The van der Waals surface area contributed by atoms with Crippen LogP contribution in [0.3, 0.4) is 0 Å². The Bertz CT molecular complexity index is 649. The summed E-state index contributed by atoms with van der Waals surface area (Å²) in [5.41, 5.74) is -0.0813. The summed E-state index contributed by atoms with van der Waals surface area (Å²) in [5.74, 6) is 2.46. The third kappa shape index (κ3) is 3.43. The van der Waals surface area contributed by atoms with Gasteiger partial charge in [0, 0.05) is 5.54 Å². The number of hydrogen-bond donors (Lipinski definition) is 1. The number of amides is 3. The molecule has 1 saturated heterocycles. The molecule has 0 radical (unpaired) electrons. The minimum absolute atomic E-state index is 0.0682. The lowest BCUT2D eigenvalue weighted by molar-refractivity contribution is -0.149. The Morgan fingerprint density at radius 2 is 1.55 bits per heavy atom. The summed E-state index contributed by atoms with van der Waals surface area (Å²) in [6, 6.07) is -0.624. The number of fused-ring (bicyclic) bond motifs is 1. The van der Waals surface area contributed by atoms with Crippen LogP contribution in [0.5, 0.6) is 0 Å². The molecule has 1 N–H and O–H groups in total. The molecule has 0 aromatic rings. The van der Waals surface area contributed by atoms with Gasteiger partial charge in [0.1, 0.15) is 6.04 Å². The number of nitrogens with one attached hydrogen (secondary N) is 1. The topological polar surface area (TPSA) is 66.5 Å². The molecule has 0 aromatic heterocycles. The second-order valence-corrected chi connectivity index (χ2v) is 11.5. The lowest BCUT2D eigenvalue weighted by atomic mass is 9.53. The zero-order chi connectivity index (χ0) is 20.2. The molecule has 1 heterocycles. The van der Waals surface area contributed by atoms with E-state index in [-0.39, 0.29) is 35.1 Å². The van der Waals surface area contributed by atoms with Crippen molar-refractivity contribution in [2.24, 2.45) is 29.6 Å². The first-order valence-corrected chi connectivity index (χ1v) is 13.1. The van der Waals surface area contributed by atoms with Crippen molar-refractivity contribution >= 4 is 29.5 Å². The first-order chi connectivity index (χ1) is 14.0. The van der Waals surface area contributed by atoms with E-state index in [1.54, 1.807) is 11.8 Å². The number of carbonyl (C=O) groups is 3. The largest absolute Gasteiger partial charge is 0.349 e. The molecule has 5 aliphatic carbocycles. The zero-order valence-electron chi connectivity index (χ0n) is 17.5. The maximum Gasteiger partial charge on any atom is 0.243 e. The van der Waals surface area contributed by atoms with Crippen molar-refractivity contribution in [2.75, 3.05) is 12.0 Å². The molecule has 29 heavy (non-hydrogen) atoms. The predicted octanol–water partition coefficient (Wildman–Crippen LogP) is 3.37. The fourth-order valence-corrected chi connectivity index (χ4v) is 8.17. The molecule has 3 amide bonds. The monoisotopic (exact) mass is 418 g/mol. The van der Waals surface area contributed by atoms with E-state index in [2.05, 4.69) is 5.32 Å². The number of hydrogen-bond acceptors (Lipinski definition) is 4. The van der Waals surface area contributed by atoms with Crippen molar-refractivity contribution in [1.29, 1.82) is 0 Å². The molecule has 6 heteroatoms. The lowest BCUT2D eigenvalue weighted by Crippen LogP contribution is -2.63. The maximum absolute atomic E-state index is 13.6. The SMILES string of the molecule is CSCC[C@H](C(=O)NC12CC3CC(CC(C3)C1)C2)N1C(=O)[C@@H]2CCCC[C@H]2C1=O. The maximum atomic E-state index is 13.6. The molecular formula is C23H34N2O3S. The number of thioether (sulfide) groups is 1. The van der Waals surface area contributed by atoms with Crippen molar-refractivity contribution in [1.82, 2.24) is 10.2 Å². The number of likely N-dealkylation sites (tertiary alicyclic amines) is 1. The average Bonchev–Trinajstić information content (AvgIpc) is 2.92. The predicted molar refractivity (Wildman–Crippen MR) is 113 cm³/mol. The van der Waals surface area contributed by atoms with Gasteiger partial charge in [0.15, 0.2) is 0 Å². The smallest absolute Gasteiger partial charge is 0.243 e. The summed E-state index contributed by atoms with van der Waals surface area (Å²) < 4.78 is 0. The third-order valence-electron chi connectivity index (χ3n) is 8.51. The average molecular weight is 419 g/mol. The van der Waals surface area contributed by atoms with Crippen molar-refractivity contribution in [3.63, 3.8) is 0 Å². The minimum atomic E-state index is -0.624. The highest BCUT2D eigenvalue weighted by atomic mass is 32.2. The highest BCUT2D eigenvalue weighted by Crippen LogP contribution is 2.55. The molecule has 0 aromatic carbocycles. The van der Waals surface area contributed by atoms with Crippen LogP contribution in [0.2, 0.25) is 0 Å². The molecule has 5 nitrogen and oxygen atoms in total. The van der Waals surface area contributed by atoms with Crippen molar-refractivity contribution in [3.05, 3.63) is 0 Å². The normalized spacial score (nSPS) is 41.6. The Kier molecular flexibility index (Phi) is 5.20. The van der Waals surface area contributed by atoms with Gasteiger partial charge in [-0.3, -0.25) is 19.3 Å². The van der Waals surface area contributed by atoms with Gasteiger partial charge in [-0.2, -0.15) is 11.8 Å². The van der Waals surface area contributed by atoms with Crippen LogP contribution in [-0.4, -0.2) is 46.2 Å². The van der Waals surface area contributed by atoms with Gasteiger partial charge < -0.3 is 5.32 Å². The van der Waals surface area contributed by atoms with Crippen LogP contribution in [0.1, 0.15) is 70.6 Å². The summed E-state index contributed by atoms with van der Waals surface area (Å²) >= 11 is 1.67. The third-order valence-corrected chi connectivity index (χ3v) is 9.16. The standard InChI is InChI=1S/C23H34N2O3S/c1-29-7-6-19(25-21(27)17-4-2-3-5-18(17)22(25)28)20(26)24-23-11-14-8-15(12-23)10-16(9-14)13-23/h14-19H,2-13H2,1H3,(H,24,26)/t14?,15?,16?,17-,18-,19-,23?/m1/s1. The number of rotatable bonds is 6. The molecule has 0 spiro atoms. The second kappa shape index (κ2) is 7.58. The molecule has 4 bridgehead atoms. The van der Waals surface area contributed by atoms with Gasteiger partial charge in [-0.15, -0.1) is 0 Å². The quantitative estimate of drug-likeness (QED) is 0.672. The van der Waals surface area contributed by atoms with E-state index in [4.69, 9.17) is 0 Å². The van der Waals surface area contributed by atoms with Gasteiger partial charge >= 0.3 is 0 Å². The van der Waals surface area contributed by atoms with Crippen LogP contribution in [-0.2, 0) is 14.4 Å². The Hall–Kier alpha value is -1.04. The zero-order valence-corrected chi connectivity index (χ0v) is 18.3. The summed E-state index contributed by atoms with van der Waals surface area (Å²) in [7, 11) is 0. The van der Waals surface area contributed by atoms with Gasteiger partial charge in [-0.1, -0.05) is 12.8 Å². The lowest BCUT2D eigenvalue weighted by Gasteiger charge is -2.57. The summed E-state index contributed by atoms with van der Waals surface area (Å²) in [6.07, 6.45) is 13.5. The van der Waals surface area contributed by atoms with E-state index >= 15 is 0 Å². The van der Waals surface area contributed by atoms with E-state index in [0.29, 0.717) is 6.42 Å². The van der Waals surface area contributed by atoms with Crippen LogP contribution >= 0.6 is 11.8 Å². The molecule has 160 valence electrons. The Morgan fingerprint density at radius 3 is 2.03 bits per heavy atom. The van der Waals surface area contributed by atoms with Crippen LogP contribution in [0, 0.1) is 29.6 Å². The summed E-state index contributed by atoms with van der Waals surface area (Å²) in [6.45, 7) is 0. The van der Waals surface area contributed by atoms with Gasteiger partial charge in [0.05, 0.1) is 11.8 Å². The number of carbonyl (C=O) groups excluding carboxylic acids is 3. The van der Waals surface area contributed by atoms with Crippen LogP contribution in [0.4, 0.5) is 0 Å². The van der Waals surface area contributed by atoms with Crippen molar-refractivity contribution in [2.45, 2.75) is 82.2 Å². The summed E-state index contributed by atoms with van der Waals surface area (Å²) in [4.78, 5) is 41.2. The van der Waals surface area contributed by atoms with E-state index in [1.807, 2.05) is 6.26 Å². The van der Waals surface area contributed by atoms with Gasteiger partial charge in [-0.25, -0.2) is 0 Å². The minimum Gasteiger partial charge on any atom is -0.349 e. The van der Waals surface area contributed by atoms with Crippen LogP contribution in [0.25, 0.3) is 0 Å². The fraction of sp³-hybridized carbons (Fsp3) is 0.870. The first-order valence-electron chi connectivity index (χ1n) is 11.7. The number of nitrogens with zero attached hydrogens (tertiary/aromatic N) is 1. The van der Waals surface area contributed by atoms with Crippen LogP contribution in [0.15, 0.2) is 0 Å². The van der Waals surface area contributed by atoms with Gasteiger partial charge in [-0.05, 0) is 87.5 Å². The molecule has 6 rings (SSSR count). The summed E-state index contributed by atoms with van der Waals surface area (Å²) in [5, 5.41) is 3.44. The Balaban J connectivity index is 1.36. The highest BCUT2D eigenvalue weighted by molar-refractivity contribution is 7.98. The Labute approximate surface area is 178 Å². The van der Waals surface area contributed by atoms with E-state index in [1.165, 1.54) is 24.2 Å². The van der Waals surface area contributed by atoms with Crippen LogP contribution < -0.4 is 5.32 Å². The molecule has 6 aliphatic rings. The first kappa shape index (κ1) is 19.9. The molecule has 0 unspecified atom stereocenters. The van der Waals surface area contributed by atoms with Crippen molar-refractivity contribution < 1.29 is 14.4 Å². The number of imide groups is 1.